The summed E-state index contributed by atoms with van der Waals surface area (Å²) in [5.41, 5.74) is 2.30. The highest BCUT2D eigenvalue weighted by Gasteiger charge is 2.23. The van der Waals surface area contributed by atoms with E-state index in [0.717, 1.165) is 15.4 Å². The lowest BCUT2D eigenvalue weighted by Gasteiger charge is -2.15. The molecule has 9 nitrogen and oxygen atoms in total. The van der Waals surface area contributed by atoms with E-state index < -0.39 is 10.0 Å². The number of aromatic nitrogens is 2. The van der Waals surface area contributed by atoms with Gasteiger partial charge in [0.2, 0.25) is 27.6 Å². The van der Waals surface area contributed by atoms with Crippen LogP contribution in [0.1, 0.15) is 17.9 Å². The van der Waals surface area contributed by atoms with E-state index in [4.69, 9.17) is 9.26 Å². The van der Waals surface area contributed by atoms with E-state index in [1.165, 1.54) is 33.3 Å². The lowest BCUT2D eigenvalue weighted by Crippen LogP contribution is -2.23. The number of hydrogen-bond donors (Lipinski definition) is 1. The van der Waals surface area contributed by atoms with Crippen LogP contribution in [0.2, 0.25) is 0 Å². The van der Waals surface area contributed by atoms with Crippen LogP contribution in [-0.4, -0.2) is 50.0 Å². The fourth-order valence-electron chi connectivity index (χ4n) is 2.77. The maximum absolute atomic E-state index is 12.5. The van der Waals surface area contributed by atoms with Crippen LogP contribution in [0.4, 0.5) is 5.69 Å². The van der Waals surface area contributed by atoms with Crippen molar-refractivity contribution < 1.29 is 22.5 Å². The summed E-state index contributed by atoms with van der Waals surface area (Å²) in [5, 5.41) is 6.64. The minimum Gasteiger partial charge on any atom is -0.495 e. The molecule has 1 aromatic heterocycles. The number of aryl methyl sites for hydroxylation is 2. The number of sulfonamides is 1. The van der Waals surface area contributed by atoms with Gasteiger partial charge in [-0.2, -0.15) is 4.98 Å². The van der Waals surface area contributed by atoms with Gasteiger partial charge in [-0.3, -0.25) is 4.79 Å². The molecule has 0 spiro atoms. The standard InChI is InChI=1S/C21H24N4O5S/c1-14-5-7-15(8-6-14)21-23-20(30-24-21)12-11-19(26)22-16-9-10-17(29-4)18(13-16)31(27,28)25(2)3/h5-10,13H,11-12H2,1-4H3,(H,22,26). The third-order valence-electron chi connectivity index (χ3n) is 4.55. The molecule has 164 valence electrons. The van der Waals surface area contributed by atoms with Crippen LogP contribution in [0.25, 0.3) is 11.4 Å². The van der Waals surface area contributed by atoms with Crippen LogP contribution in [0.5, 0.6) is 5.75 Å². The first-order valence-corrected chi connectivity index (χ1v) is 10.9. The molecule has 0 aliphatic carbocycles. The first kappa shape index (κ1) is 22.4. The van der Waals surface area contributed by atoms with Crippen molar-refractivity contribution in [1.29, 1.82) is 0 Å². The number of ether oxygens (including phenoxy) is 1. The summed E-state index contributed by atoms with van der Waals surface area (Å²) in [6.07, 6.45) is 0.348. The third-order valence-corrected chi connectivity index (χ3v) is 6.39. The fourth-order valence-corrected chi connectivity index (χ4v) is 3.85. The largest absolute Gasteiger partial charge is 0.495 e. The highest BCUT2D eigenvalue weighted by atomic mass is 32.2. The highest BCUT2D eigenvalue weighted by molar-refractivity contribution is 7.89. The monoisotopic (exact) mass is 444 g/mol. The molecule has 0 aliphatic heterocycles. The van der Waals surface area contributed by atoms with Crippen LogP contribution in [-0.2, 0) is 21.2 Å². The molecule has 0 fully saturated rings. The molecule has 31 heavy (non-hydrogen) atoms. The van der Waals surface area contributed by atoms with Gasteiger partial charge >= 0.3 is 0 Å². The molecule has 0 bridgehead atoms. The Hall–Kier alpha value is -3.24. The Morgan fingerprint density at radius 3 is 2.52 bits per heavy atom. The van der Waals surface area contributed by atoms with Crippen LogP contribution in [0, 0.1) is 6.92 Å². The van der Waals surface area contributed by atoms with E-state index >= 15 is 0 Å². The van der Waals surface area contributed by atoms with Crippen molar-refractivity contribution in [2.45, 2.75) is 24.7 Å². The minimum absolute atomic E-state index is 0.0301. The van der Waals surface area contributed by atoms with Gasteiger partial charge in [-0.05, 0) is 25.1 Å². The summed E-state index contributed by atoms with van der Waals surface area (Å²) in [6.45, 7) is 1.99. The topological polar surface area (TPSA) is 115 Å². The highest BCUT2D eigenvalue weighted by Crippen LogP contribution is 2.29. The smallest absolute Gasteiger partial charge is 0.246 e. The zero-order valence-corrected chi connectivity index (χ0v) is 18.6. The van der Waals surface area contributed by atoms with Crippen molar-refractivity contribution in [3.63, 3.8) is 0 Å². The average Bonchev–Trinajstić information content (AvgIpc) is 3.21. The van der Waals surface area contributed by atoms with Crippen LogP contribution < -0.4 is 10.1 Å². The molecule has 10 heteroatoms. The number of nitrogens with one attached hydrogen (secondary N) is 1. The van der Waals surface area contributed by atoms with Gasteiger partial charge < -0.3 is 14.6 Å². The molecule has 0 aliphatic rings. The molecule has 0 saturated carbocycles. The van der Waals surface area contributed by atoms with Crippen LogP contribution in [0.3, 0.4) is 0 Å². The summed E-state index contributed by atoms with van der Waals surface area (Å²) in [5.74, 6) is 0.690. The molecule has 3 rings (SSSR count). The Morgan fingerprint density at radius 2 is 1.87 bits per heavy atom. The van der Waals surface area contributed by atoms with Crippen molar-refractivity contribution in [2.75, 3.05) is 26.5 Å². The molecule has 0 radical (unpaired) electrons. The zero-order valence-electron chi connectivity index (χ0n) is 17.7. The molecule has 1 N–H and O–H groups in total. The summed E-state index contributed by atoms with van der Waals surface area (Å²) < 4.78 is 36.5. The van der Waals surface area contributed by atoms with Gasteiger partial charge in [0.05, 0.1) is 7.11 Å². The van der Waals surface area contributed by atoms with E-state index in [0.29, 0.717) is 17.4 Å². The van der Waals surface area contributed by atoms with Gasteiger partial charge in [0.15, 0.2) is 0 Å². The molecule has 1 heterocycles. The maximum atomic E-state index is 12.5. The molecule has 0 unspecified atom stereocenters. The summed E-state index contributed by atoms with van der Waals surface area (Å²) in [6, 6.07) is 12.2. The van der Waals surface area contributed by atoms with E-state index in [-0.39, 0.29) is 29.4 Å². The van der Waals surface area contributed by atoms with Crippen molar-refractivity contribution in [2.24, 2.45) is 0 Å². The van der Waals surface area contributed by atoms with E-state index in [1.807, 2.05) is 31.2 Å². The quantitative estimate of drug-likeness (QED) is 0.568. The summed E-state index contributed by atoms with van der Waals surface area (Å²) >= 11 is 0. The summed E-state index contributed by atoms with van der Waals surface area (Å²) in [4.78, 5) is 16.6. The average molecular weight is 445 g/mol. The molecule has 0 atom stereocenters. The number of carbonyl (C=O) groups is 1. The number of carbonyl (C=O) groups excluding carboxylic acids is 1. The Labute approximate surface area is 181 Å². The van der Waals surface area contributed by atoms with Gasteiger partial charge in [-0.1, -0.05) is 35.0 Å². The zero-order chi connectivity index (χ0) is 22.6. The molecule has 2 aromatic carbocycles. The number of rotatable bonds is 8. The van der Waals surface area contributed by atoms with Crippen LogP contribution in [0.15, 0.2) is 51.9 Å². The van der Waals surface area contributed by atoms with Crippen molar-refractivity contribution in [3.05, 3.63) is 53.9 Å². The number of hydrogen-bond acceptors (Lipinski definition) is 7. The minimum atomic E-state index is -3.74. The number of nitrogens with zero attached hydrogens (tertiary/aromatic N) is 3. The maximum Gasteiger partial charge on any atom is 0.246 e. The van der Waals surface area contributed by atoms with E-state index in [1.54, 1.807) is 6.07 Å². The Balaban J connectivity index is 1.66. The van der Waals surface area contributed by atoms with Gasteiger partial charge in [-0.25, -0.2) is 12.7 Å². The Kier molecular flexibility index (Phi) is 6.71. The Bertz CT molecular complexity index is 1170. The van der Waals surface area contributed by atoms with Gasteiger partial charge in [0, 0.05) is 38.2 Å². The predicted molar refractivity (Wildman–Crippen MR) is 115 cm³/mol. The second-order valence-electron chi connectivity index (χ2n) is 7.08. The van der Waals surface area contributed by atoms with Gasteiger partial charge in [0.25, 0.3) is 0 Å². The number of methoxy groups -OCH3 is 1. The Morgan fingerprint density at radius 1 is 1.16 bits per heavy atom. The van der Waals surface area contributed by atoms with E-state index in [9.17, 15) is 13.2 Å². The lowest BCUT2D eigenvalue weighted by atomic mass is 10.1. The van der Waals surface area contributed by atoms with E-state index in [2.05, 4.69) is 15.5 Å². The predicted octanol–water partition coefficient (Wildman–Crippen LogP) is 2.88. The normalized spacial score (nSPS) is 11.5. The first-order chi connectivity index (χ1) is 14.7. The molecule has 1 amide bonds. The number of benzene rings is 2. The van der Waals surface area contributed by atoms with Crippen LogP contribution >= 0.6 is 0 Å². The van der Waals surface area contributed by atoms with Crippen molar-refractivity contribution in [3.8, 4) is 17.1 Å². The van der Waals surface area contributed by atoms with Gasteiger partial charge in [-0.15, -0.1) is 0 Å². The van der Waals surface area contributed by atoms with Crippen molar-refractivity contribution >= 4 is 21.6 Å². The first-order valence-electron chi connectivity index (χ1n) is 9.50. The fraction of sp³-hybridized carbons (Fsp3) is 0.286. The molecule has 0 saturated heterocycles. The second-order valence-corrected chi connectivity index (χ2v) is 9.20. The van der Waals surface area contributed by atoms with Crippen molar-refractivity contribution in [1.82, 2.24) is 14.4 Å². The summed E-state index contributed by atoms with van der Waals surface area (Å²) in [7, 11) is 0.502. The second kappa shape index (κ2) is 9.27. The number of anilines is 1. The third kappa shape index (κ3) is 5.28. The SMILES string of the molecule is COc1ccc(NC(=O)CCc2nc(-c3ccc(C)cc3)no2)cc1S(=O)(=O)N(C)C. The van der Waals surface area contributed by atoms with Gasteiger partial charge in [0.1, 0.15) is 10.6 Å². The number of amides is 1. The molecular formula is C21H24N4O5S. The lowest BCUT2D eigenvalue weighted by molar-refractivity contribution is -0.116. The molecule has 3 aromatic rings. The molecular weight excluding hydrogens is 420 g/mol.